The lowest BCUT2D eigenvalue weighted by atomic mass is 9.45. The van der Waals surface area contributed by atoms with Crippen LogP contribution in [-0.4, -0.2) is 23.0 Å². The van der Waals surface area contributed by atoms with Gasteiger partial charge in [0.25, 0.3) is 0 Å². The van der Waals surface area contributed by atoms with E-state index in [-0.39, 0.29) is 22.9 Å². The number of hydrogen-bond acceptors (Lipinski definition) is 4. The maximum absolute atomic E-state index is 11.9. The van der Waals surface area contributed by atoms with Gasteiger partial charge in [-0.15, -0.1) is 0 Å². The number of carbonyl (C=O) groups excluding carboxylic acids is 1. The molecule has 4 aliphatic rings. The predicted molar refractivity (Wildman–Crippen MR) is 91.8 cm³/mol. The number of allylic oxidation sites excluding steroid dienone is 1. The van der Waals surface area contributed by atoms with Gasteiger partial charge >= 0.3 is 5.97 Å². The summed E-state index contributed by atoms with van der Waals surface area (Å²) in [6.07, 6.45) is 7.22. The highest BCUT2D eigenvalue weighted by Gasteiger charge is 2.57. The molecule has 0 amide bonds. The molecule has 0 radical (unpaired) electrons. The predicted octanol–water partition coefficient (Wildman–Crippen LogP) is 4.24. The smallest absolute Gasteiger partial charge is 0.334 e. The highest BCUT2D eigenvalue weighted by atomic mass is 16.5. The van der Waals surface area contributed by atoms with Crippen LogP contribution in [0.5, 0.6) is 0 Å². The van der Waals surface area contributed by atoms with Gasteiger partial charge in [-0.2, -0.15) is 0 Å². The average Bonchev–Trinajstić information content (AvgIpc) is 2.80. The summed E-state index contributed by atoms with van der Waals surface area (Å²) in [7, 11) is 0. The number of ether oxygens (including phenoxy) is 1. The first kappa shape index (κ1) is 15.9. The Labute approximate surface area is 143 Å². The monoisotopic (exact) mass is 329 g/mol. The van der Waals surface area contributed by atoms with Crippen LogP contribution < -0.4 is 0 Å². The van der Waals surface area contributed by atoms with E-state index in [1.165, 1.54) is 5.57 Å². The van der Waals surface area contributed by atoms with Gasteiger partial charge < -0.3 is 9.94 Å². The van der Waals surface area contributed by atoms with Gasteiger partial charge in [-0.1, -0.05) is 37.6 Å². The molecule has 1 heterocycles. The molecule has 2 fully saturated rings. The van der Waals surface area contributed by atoms with Crippen LogP contribution >= 0.6 is 0 Å². The van der Waals surface area contributed by atoms with Crippen LogP contribution in [0.2, 0.25) is 0 Å². The number of carbonyl (C=O) groups is 1. The second-order valence-corrected chi connectivity index (χ2v) is 8.85. The van der Waals surface area contributed by atoms with Crippen LogP contribution in [0.25, 0.3) is 0 Å². The van der Waals surface area contributed by atoms with Crippen molar-refractivity contribution in [1.29, 1.82) is 0 Å². The van der Waals surface area contributed by atoms with Crippen LogP contribution in [0.3, 0.4) is 0 Å². The van der Waals surface area contributed by atoms with Crippen LogP contribution in [0.15, 0.2) is 28.0 Å². The first-order valence-corrected chi connectivity index (χ1v) is 9.12. The van der Waals surface area contributed by atoms with Crippen molar-refractivity contribution in [3.05, 3.63) is 22.8 Å². The summed E-state index contributed by atoms with van der Waals surface area (Å²) in [4.78, 5) is 11.9. The molecule has 4 nitrogen and oxygen atoms in total. The fourth-order valence-electron chi connectivity index (χ4n) is 6.13. The van der Waals surface area contributed by atoms with Crippen molar-refractivity contribution in [1.82, 2.24) is 0 Å². The summed E-state index contributed by atoms with van der Waals surface area (Å²) in [5.74, 6) is 0.810. The maximum Gasteiger partial charge on any atom is 0.334 e. The molecule has 130 valence electrons. The van der Waals surface area contributed by atoms with Gasteiger partial charge in [-0.25, -0.2) is 4.79 Å². The number of esters is 1. The molecule has 24 heavy (non-hydrogen) atoms. The number of rotatable bonds is 0. The first-order valence-electron chi connectivity index (χ1n) is 9.12. The van der Waals surface area contributed by atoms with Gasteiger partial charge in [-0.3, -0.25) is 0 Å². The number of fused-ring (bicyclic) bond motifs is 4. The molecule has 0 saturated heterocycles. The molecule has 0 bridgehead atoms. The summed E-state index contributed by atoms with van der Waals surface area (Å²) in [5.41, 5.74) is 4.44. The van der Waals surface area contributed by atoms with E-state index in [1.807, 2.05) is 6.92 Å². The van der Waals surface area contributed by atoms with E-state index in [0.29, 0.717) is 11.8 Å². The molecule has 4 rings (SSSR count). The highest BCUT2D eigenvalue weighted by Crippen LogP contribution is 2.62. The Morgan fingerprint density at radius 3 is 2.75 bits per heavy atom. The third-order valence-electron chi connectivity index (χ3n) is 7.52. The second kappa shape index (κ2) is 4.96. The van der Waals surface area contributed by atoms with Crippen molar-refractivity contribution in [2.24, 2.45) is 27.8 Å². The number of hydrogen-bond donors (Lipinski definition) is 1. The SMILES string of the molecule is CC1=C2C=C3CC[C@@H]4C(C)(C)/C(=N/O)CC[C@@]4(C)[C@@H]3C[C@H]2OC1=O. The topological polar surface area (TPSA) is 58.9 Å². The summed E-state index contributed by atoms with van der Waals surface area (Å²) in [5, 5.41) is 13.1. The van der Waals surface area contributed by atoms with E-state index in [2.05, 4.69) is 32.0 Å². The average molecular weight is 329 g/mol. The van der Waals surface area contributed by atoms with Crippen molar-refractivity contribution in [2.75, 3.05) is 0 Å². The first-order chi connectivity index (χ1) is 11.3. The van der Waals surface area contributed by atoms with E-state index in [1.54, 1.807) is 0 Å². The van der Waals surface area contributed by atoms with E-state index in [9.17, 15) is 10.0 Å². The Kier molecular flexibility index (Phi) is 3.29. The van der Waals surface area contributed by atoms with E-state index in [4.69, 9.17) is 4.74 Å². The summed E-state index contributed by atoms with van der Waals surface area (Å²) >= 11 is 0. The molecule has 1 aliphatic heterocycles. The third-order valence-corrected chi connectivity index (χ3v) is 7.52. The Bertz CT molecular complexity index is 700. The molecular weight excluding hydrogens is 302 g/mol. The number of nitrogens with zero attached hydrogens (tertiary/aromatic N) is 1. The lowest BCUT2D eigenvalue weighted by Crippen LogP contribution is -2.54. The molecule has 3 aliphatic carbocycles. The Hall–Kier alpha value is -1.58. The van der Waals surface area contributed by atoms with Gasteiger partial charge in [0.1, 0.15) is 6.10 Å². The van der Waals surface area contributed by atoms with Gasteiger partial charge in [0.2, 0.25) is 0 Å². The molecule has 0 aromatic rings. The lowest BCUT2D eigenvalue weighted by Gasteiger charge is -2.59. The number of oxime groups is 1. The van der Waals surface area contributed by atoms with Crippen molar-refractivity contribution in [3.63, 3.8) is 0 Å². The minimum absolute atomic E-state index is 0.0576. The minimum Gasteiger partial charge on any atom is -0.454 e. The van der Waals surface area contributed by atoms with Gasteiger partial charge in [0.05, 0.1) is 5.71 Å². The fourth-order valence-corrected chi connectivity index (χ4v) is 6.13. The summed E-state index contributed by atoms with van der Waals surface area (Å²) in [6, 6.07) is 0. The van der Waals surface area contributed by atoms with Crippen LogP contribution in [0.1, 0.15) is 59.8 Å². The summed E-state index contributed by atoms with van der Waals surface area (Å²) in [6.45, 7) is 8.75. The zero-order valence-corrected chi connectivity index (χ0v) is 15.1. The van der Waals surface area contributed by atoms with Crippen molar-refractivity contribution in [2.45, 2.75) is 65.9 Å². The van der Waals surface area contributed by atoms with E-state index < -0.39 is 0 Å². The van der Waals surface area contributed by atoms with Crippen LogP contribution in [-0.2, 0) is 9.53 Å². The van der Waals surface area contributed by atoms with E-state index >= 15 is 0 Å². The van der Waals surface area contributed by atoms with Crippen molar-refractivity contribution >= 4 is 11.7 Å². The molecule has 2 saturated carbocycles. The highest BCUT2D eigenvalue weighted by molar-refractivity contribution is 5.93. The Morgan fingerprint density at radius 1 is 1.29 bits per heavy atom. The molecule has 0 spiro atoms. The zero-order chi connectivity index (χ0) is 17.3. The Balaban J connectivity index is 1.74. The zero-order valence-electron chi connectivity index (χ0n) is 15.1. The van der Waals surface area contributed by atoms with Crippen LogP contribution in [0.4, 0.5) is 0 Å². The third kappa shape index (κ3) is 1.91. The fraction of sp³-hybridized carbons (Fsp3) is 0.700. The van der Waals surface area contributed by atoms with Crippen molar-refractivity contribution < 1.29 is 14.7 Å². The summed E-state index contributed by atoms with van der Waals surface area (Å²) < 4.78 is 5.62. The minimum atomic E-state index is -0.147. The van der Waals surface area contributed by atoms with Gasteiger partial charge in [0.15, 0.2) is 0 Å². The van der Waals surface area contributed by atoms with Gasteiger partial charge in [-0.05, 0) is 56.3 Å². The van der Waals surface area contributed by atoms with Crippen molar-refractivity contribution in [3.8, 4) is 0 Å². The van der Waals surface area contributed by atoms with E-state index in [0.717, 1.165) is 49.0 Å². The molecular formula is C20H27NO3. The lowest BCUT2D eigenvalue weighted by molar-refractivity contribution is -0.141. The molecule has 1 N–H and O–H groups in total. The molecule has 0 aromatic heterocycles. The second-order valence-electron chi connectivity index (χ2n) is 8.85. The van der Waals surface area contributed by atoms with Crippen LogP contribution in [0, 0.1) is 22.7 Å². The molecule has 0 unspecified atom stereocenters. The molecule has 4 heteroatoms. The quantitative estimate of drug-likeness (QED) is 0.411. The maximum atomic E-state index is 11.9. The molecule has 4 atom stereocenters. The normalized spacial score (nSPS) is 42.2. The standard InChI is InChI=1S/C20H27NO3/c1-11-13-9-12-5-6-16-19(2,3)17(21-23)7-8-20(16,4)14(12)10-15(13)24-18(11)22/h9,14-16,23H,5-8,10H2,1-4H3/b21-17+/t14-,15-,16-,20+/m1/s1. The Morgan fingerprint density at radius 2 is 2.04 bits per heavy atom. The molecule has 0 aromatic carbocycles. The largest absolute Gasteiger partial charge is 0.454 e. The van der Waals surface area contributed by atoms with Gasteiger partial charge in [0, 0.05) is 16.6 Å².